The minimum absolute atomic E-state index is 0.0244. The largest absolute Gasteiger partial charge is 0.497 e. The quantitative estimate of drug-likeness (QED) is 0.283. The molecule has 0 unspecified atom stereocenters. The Balaban J connectivity index is 2.14. The van der Waals surface area contributed by atoms with Gasteiger partial charge >= 0.3 is 0 Å². The van der Waals surface area contributed by atoms with E-state index < -0.39 is 34.4 Å². The summed E-state index contributed by atoms with van der Waals surface area (Å²) >= 11 is 12.5. The van der Waals surface area contributed by atoms with Gasteiger partial charge in [0.25, 0.3) is 10.0 Å². The number of benzene rings is 3. The zero-order valence-electron chi connectivity index (χ0n) is 24.4. The van der Waals surface area contributed by atoms with Crippen LogP contribution in [0.4, 0.5) is 5.69 Å². The number of methoxy groups -OCH3 is 2. The summed E-state index contributed by atoms with van der Waals surface area (Å²) in [6.07, 6.45) is 0. The molecule has 3 aromatic rings. The molecule has 0 fully saturated rings. The Morgan fingerprint density at radius 3 is 2.17 bits per heavy atom. The molecular weight excluding hydrogens is 601 g/mol. The van der Waals surface area contributed by atoms with Gasteiger partial charge in [0.1, 0.15) is 24.1 Å². The van der Waals surface area contributed by atoms with Crippen molar-refractivity contribution < 1.29 is 27.5 Å². The maximum Gasteiger partial charge on any atom is 0.264 e. The Kier molecular flexibility index (Phi) is 11.1. The van der Waals surface area contributed by atoms with E-state index in [2.05, 4.69) is 5.32 Å². The Labute approximate surface area is 257 Å². The SMILES string of the molecule is COc1ccc(OC)c(N(CC(=O)N(Cc2ccc(Cl)cc2Cl)[C@@H](C)C(=O)NC(C)C)S(=O)(=O)c2ccc(C)cc2)c1. The van der Waals surface area contributed by atoms with E-state index in [4.69, 9.17) is 32.7 Å². The molecule has 0 saturated carbocycles. The minimum Gasteiger partial charge on any atom is -0.497 e. The van der Waals surface area contributed by atoms with Crippen molar-refractivity contribution >= 4 is 50.7 Å². The van der Waals surface area contributed by atoms with Gasteiger partial charge < -0.3 is 19.7 Å². The molecule has 0 aliphatic rings. The molecule has 0 bridgehead atoms. The molecule has 1 N–H and O–H groups in total. The number of nitrogens with zero attached hydrogens (tertiary/aromatic N) is 2. The van der Waals surface area contributed by atoms with Gasteiger partial charge in [-0.25, -0.2) is 8.42 Å². The Bertz CT molecular complexity index is 1530. The summed E-state index contributed by atoms with van der Waals surface area (Å²) in [6, 6.07) is 14.6. The fourth-order valence-corrected chi connectivity index (χ4v) is 6.05. The maximum absolute atomic E-state index is 14.1. The zero-order valence-corrected chi connectivity index (χ0v) is 26.7. The third-order valence-corrected chi connectivity index (χ3v) is 8.86. The lowest BCUT2D eigenvalue weighted by Gasteiger charge is -2.33. The van der Waals surface area contributed by atoms with Gasteiger partial charge in [-0.15, -0.1) is 0 Å². The van der Waals surface area contributed by atoms with E-state index in [1.165, 1.54) is 43.4 Å². The lowest BCUT2D eigenvalue weighted by Crippen LogP contribution is -2.52. The molecule has 226 valence electrons. The molecule has 0 aliphatic carbocycles. The summed E-state index contributed by atoms with van der Waals surface area (Å²) in [4.78, 5) is 28.5. The monoisotopic (exact) mass is 635 g/mol. The molecule has 3 rings (SSSR count). The highest BCUT2D eigenvalue weighted by Gasteiger charge is 2.34. The summed E-state index contributed by atoms with van der Waals surface area (Å²) in [5.41, 5.74) is 1.49. The molecule has 0 radical (unpaired) electrons. The van der Waals surface area contributed by atoms with Crippen molar-refractivity contribution in [3.8, 4) is 11.5 Å². The molecule has 2 amide bonds. The van der Waals surface area contributed by atoms with Gasteiger partial charge in [0, 0.05) is 28.7 Å². The molecule has 0 heterocycles. The number of hydrogen-bond acceptors (Lipinski definition) is 6. The highest BCUT2D eigenvalue weighted by molar-refractivity contribution is 7.92. The van der Waals surface area contributed by atoms with E-state index in [-0.39, 0.29) is 28.9 Å². The predicted octanol–water partition coefficient (Wildman–Crippen LogP) is 5.46. The third-order valence-electron chi connectivity index (χ3n) is 6.50. The second-order valence-corrected chi connectivity index (χ2v) is 12.7. The molecule has 9 nitrogen and oxygen atoms in total. The number of hydrogen-bond donors (Lipinski definition) is 1. The number of carbonyl (C=O) groups is 2. The average Bonchev–Trinajstić information content (AvgIpc) is 2.94. The summed E-state index contributed by atoms with van der Waals surface area (Å²) in [6.45, 7) is 6.30. The zero-order chi connectivity index (χ0) is 31.2. The van der Waals surface area contributed by atoms with E-state index in [1.54, 1.807) is 57.2 Å². The van der Waals surface area contributed by atoms with Crippen LogP contribution in [0.1, 0.15) is 31.9 Å². The molecule has 3 aromatic carbocycles. The van der Waals surface area contributed by atoms with Crippen LogP contribution in [0.2, 0.25) is 10.0 Å². The van der Waals surface area contributed by atoms with Gasteiger partial charge in [0.2, 0.25) is 11.8 Å². The molecular formula is C30H35Cl2N3O6S. The topological polar surface area (TPSA) is 105 Å². The van der Waals surface area contributed by atoms with Crippen LogP contribution in [0, 0.1) is 6.92 Å². The Morgan fingerprint density at radius 2 is 1.60 bits per heavy atom. The van der Waals surface area contributed by atoms with E-state index in [9.17, 15) is 18.0 Å². The number of aryl methyl sites for hydroxylation is 1. The van der Waals surface area contributed by atoms with Crippen molar-refractivity contribution in [3.05, 3.63) is 81.8 Å². The second kappa shape index (κ2) is 14.1. The molecule has 0 spiro atoms. The van der Waals surface area contributed by atoms with Crippen LogP contribution in [0.15, 0.2) is 65.6 Å². The van der Waals surface area contributed by atoms with Crippen LogP contribution in [0.3, 0.4) is 0 Å². The number of nitrogens with one attached hydrogen (secondary N) is 1. The van der Waals surface area contributed by atoms with Gasteiger partial charge in [0.15, 0.2) is 0 Å². The summed E-state index contributed by atoms with van der Waals surface area (Å²) in [7, 11) is -1.46. The van der Waals surface area contributed by atoms with Crippen molar-refractivity contribution in [2.24, 2.45) is 0 Å². The standard InChI is InChI=1S/C30H35Cl2N3O6S/c1-19(2)33-30(37)21(4)34(17-22-9-10-23(31)15-26(22)32)29(36)18-35(27-16-24(40-5)11-14-28(27)41-6)42(38,39)25-12-7-20(3)8-13-25/h7-16,19,21H,17-18H2,1-6H3,(H,33,37)/t21-/m0/s1. The van der Waals surface area contributed by atoms with Crippen LogP contribution < -0.4 is 19.1 Å². The van der Waals surface area contributed by atoms with Crippen LogP contribution in [0.25, 0.3) is 0 Å². The normalized spacial score (nSPS) is 12.0. The van der Waals surface area contributed by atoms with Crippen molar-refractivity contribution in [3.63, 3.8) is 0 Å². The van der Waals surface area contributed by atoms with E-state index in [1.807, 2.05) is 6.92 Å². The molecule has 1 atom stereocenters. The Morgan fingerprint density at radius 1 is 0.929 bits per heavy atom. The lowest BCUT2D eigenvalue weighted by molar-refractivity contribution is -0.139. The van der Waals surface area contributed by atoms with E-state index in [0.717, 1.165) is 9.87 Å². The fraction of sp³-hybridized carbons (Fsp3) is 0.333. The molecule has 0 saturated heterocycles. The smallest absolute Gasteiger partial charge is 0.264 e. The first-order valence-corrected chi connectivity index (χ1v) is 15.3. The number of ether oxygens (including phenoxy) is 2. The molecule has 0 aromatic heterocycles. The average molecular weight is 637 g/mol. The van der Waals surface area contributed by atoms with Crippen LogP contribution in [-0.4, -0.2) is 58.0 Å². The first-order valence-electron chi connectivity index (χ1n) is 13.1. The van der Waals surface area contributed by atoms with Crippen molar-refractivity contribution in [1.29, 1.82) is 0 Å². The molecule has 42 heavy (non-hydrogen) atoms. The van der Waals surface area contributed by atoms with Gasteiger partial charge in [0.05, 0.1) is 24.8 Å². The third kappa shape index (κ3) is 7.87. The molecule has 12 heteroatoms. The number of carbonyl (C=O) groups excluding carboxylic acids is 2. The maximum atomic E-state index is 14.1. The van der Waals surface area contributed by atoms with E-state index in [0.29, 0.717) is 21.4 Å². The summed E-state index contributed by atoms with van der Waals surface area (Å²) in [5, 5.41) is 3.52. The highest BCUT2D eigenvalue weighted by atomic mass is 35.5. The van der Waals surface area contributed by atoms with Gasteiger partial charge in [-0.2, -0.15) is 0 Å². The number of amides is 2. The van der Waals surface area contributed by atoms with Crippen LogP contribution in [0.5, 0.6) is 11.5 Å². The highest BCUT2D eigenvalue weighted by Crippen LogP contribution is 2.36. The summed E-state index contributed by atoms with van der Waals surface area (Å²) < 4.78 is 40.0. The van der Waals surface area contributed by atoms with E-state index >= 15 is 0 Å². The molecule has 0 aliphatic heterocycles. The van der Waals surface area contributed by atoms with Crippen LogP contribution >= 0.6 is 23.2 Å². The Hall–Kier alpha value is -3.47. The van der Waals surface area contributed by atoms with Crippen molar-refractivity contribution in [1.82, 2.24) is 10.2 Å². The lowest BCUT2D eigenvalue weighted by atomic mass is 10.1. The summed E-state index contributed by atoms with van der Waals surface area (Å²) in [5.74, 6) is -0.489. The second-order valence-electron chi connectivity index (χ2n) is 9.96. The van der Waals surface area contributed by atoms with Gasteiger partial charge in [-0.3, -0.25) is 13.9 Å². The van der Waals surface area contributed by atoms with Gasteiger partial charge in [-0.05, 0) is 69.7 Å². The van der Waals surface area contributed by atoms with Crippen molar-refractivity contribution in [2.75, 3.05) is 25.1 Å². The van der Waals surface area contributed by atoms with Gasteiger partial charge in [-0.1, -0.05) is 47.0 Å². The van der Waals surface area contributed by atoms with Crippen LogP contribution in [-0.2, 0) is 26.2 Å². The minimum atomic E-state index is -4.30. The van der Waals surface area contributed by atoms with Crippen molar-refractivity contribution in [2.45, 2.75) is 51.2 Å². The first kappa shape index (κ1) is 33.0. The number of rotatable bonds is 12. The number of sulfonamides is 1. The fourth-order valence-electron chi connectivity index (χ4n) is 4.16. The number of anilines is 1. The number of halogens is 2. The predicted molar refractivity (Wildman–Crippen MR) is 165 cm³/mol. The first-order chi connectivity index (χ1) is 19.8.